The Hall–Kier alpha value is -1.72. The number of hydrogen-bond acceptors (Lipinski definition) is 4. The van der Waals surface area contributed by atoms with Crippen LogP contribution in [0, 0.1) is 0 Å². The van der Waals surface area contributed by atoms with Gasteiger partial charge in [-0.25, -0.2) is 0 Å². The van der Waals surface area contributed by atoms with Crippen molar-refractivity contribution in [2.75, 3.05) is 13.6 Å². The van der Waals surface area contributed by atoms with E-state index in [4.69, 9.17) is 0 Å². The molecule has 4 nitrogen and oxygen atoms in total. The van der Waals surface area contributed by atoms with E-state index in [1.807, 2.05) is 40.9 Å². The van der Waals surface area contributed by atoms with Crippen molar-refractivity contribution in [2.24, 2.45) is 0 Å². The van der Waals surface area contributed by atoms with Gasteiger partial charge in [0.15, 0.2) is 0 Å². The quantitative estimate of drug-likeness (QED) is 0.880. The minimum absolute atomic E-state index is 0.576. The zero-order chi connectivity index (χ0) is 13.7. The second-order valence-electron chi connectivity index (χ2n) is 4.38. The summed E-state index contributed by atoms with van der Waals surface area (Å²) in [6, 6.07) is 5.20. The molecule has 0 spiro atoms. The number of pyridine rings is 1. The van der Waals surface area contributed by atoms with Crippen molar-refractivity contribution in [3.63, 3.8) is 0 Å². The van der Waals surface area contributed by atoms with Crippen molar-refractivity contribution in [3.05, 3.63) is 52.5 Å². The number of hydrogen-bond donors (Lipinski definition) is 1. The average molecular weight is 276 g/mol. The summed E-state index contributed by atoms with van der Waals surface area (Å²) in [5.41, 5.74) is 2.01. The number of aliphatic carboxylic acids is 1. The lowest BCUT2D eigenvalue weighted by atomic mass is 10.1. The molecule has 1 N–H and O–H groups in total. The molecule has 0 radical (unpaired) electrons. The van der Waals surface area contributed by atoms with Crippen molar-refractivity contribution in [1.29, 1.82) is 0 Å². The highest BCUT2D eigenvalue weighted by molar-refractivity contribution is 7.08. The number of thiophene rings is 1. The largest absolute Gasteiger partial charge is 0.480 e. The van der Waals surface area contributed by atoms with Gasteiger partial charge in [0.25, 0.3) is 0 Å². The van der Waals surface area contributed by atoms with Crippen LogP contribution in [0.3, 0.4) is 0 Å². The lowest BCUT2D eigenvalue weighted by molar-refractivity contribution is -0.143. The normalized spacial score (nSPS) is 12.5. The van der Waals surface area contributed by atoms with Gasteiger partial charge in [0.1, 0.15) is 6.04 Å². The first-order valence-electron chi connectivity index (χ1n) is 6.02. The summed E-state index contributed by atoms with van der Waals surface area (Å²) < 4.78 is 0. The minimum atomic E-state index is -0.810. The van der Waals surface area contributed by atoms with Gasteiger partial charge in [-0.1, -0.05) is 0 Å². The highest BCUT2D eigenvalue weighted by Crippen LogP contribution is 2.22. The van der Waals surface area contributed by atoms with Crippen LogP contribution in [0.15, 0.2) is 41.4 Å². The van der Waals surface area contributed by atoms with E-state index in [1.54, 1.807) is 12.4 Å². The summed E-state index contributed by atoms with van der Waals surface area (Å²) in [4.78, 5) is 17.2. The number of carboxylic acid groups (broad SMARTS) is 1. The van der Waals surface area contributed by atoms with Crippen molar-refractivity contribution < 1.29 is 9.90 Å². The maximum Gasteiger partial charge on any atom is 0.325 e. The fraction of sp³-hybridized carbons (Fsp3) is 0.286. The van der Waals surface area contributed by atoms with Gasteiger partial charge < -0.3 is 5.11 Å². The molecule has 1 atom stereocenters. The molecule has 0 bridgehead atoms. The Morgan fingerprint density at radius 2 is 2.16 bits per heavy atom. The third-order valence-corrected chi connectivity index (χ3v) is 3.74. The molecule has 100 valence electrons. The predicted octanol–water partition coefficient (Wildman–Crippen LogP) is 2.44. The van der Waals surface area contributed by atoms with Crippen molar-refractivity contribution in [2.45, 2.75) is 12.5 Å². The SMILES string of the molecule is CN(CCc1ccncc1)C(C(=O)O)c1ccsc1. The Kier molecular flexibility index (Phi) is 4.65. The molecule has 0 aliphatic rings. The fourth-order valence-corrected chi connectivity index (χ4v) is 2.68. The molecule has 5 heteroatoms. The van der Waals surface area contributed by atoms with Crippen molar-refractivity contribution in [1.82, 2.24) is 9.88 Å². The summed E-state index contributed by atoms with van der Waals surface area (Å²) in [5.74, 6) is -0.810. The highest BCUT2D eigenvalue weighted by atomic mass is 32.1. The second kappa shape index (κ2) is 6.45. The molecule has 19 heavy (non-hydrogen) atoms. The molecular weight excluding hydrogens is 260 g/mol. The third-order valence-electron chi connectivity index (χ3n) is 3.04. The van der Waals surface area contributed by atoms with Crippen LogP contribution in [0.25, 0.3) is 0 Å². The van der Waals surface area contributed by atoms with Crippen molar-refractivity contribution >= 4 is 17.3 Å². The number of carboxylic acids is 1. The number of rotatable bonds is 6. The van der Waals surface area contributed by atoms with Gasteiger partial charge in [0.2, 0.25) is 0 Å². The van der Waals surface area contributed by atoms with Crippen LogP contribution in [0.2, 0.25) is 0 Å². The molecule has 0 saturated carbocycles. The number of aromatic nitrogens is 1. The van der Waals surface area contributed by atoms with Gasteiger partial charge in [0, 0.05) is 18.9 Å². The van der Waals surface area contributed by atoms with Gasteiger partial charge in [0.05, 0.1) is 0 Å². The first-order valence-corrected chi connectivity index (χ1v) is 6.97. The molecule has 1 unspecified atom stereocenters. The van der Waals surface area contributed by atoms with Crippen LogP contribution in [0.1, 0.15) is 17.2 Å². The van der Waals surface area contributed by atoms with Gasteiger partial charge in [-0.15, -0.1) is 0 Å². The molecule has 2 aromatic rings. The summed E-state index contributed by atoms with van der Waals surface area (Å²) >= 11 is 1.52. The van der Waals surface area contributed by atoms with Crippen LogP contribution in [0.5, 0.6) is 0 Å². The fourth-order valence-electron chi connectivity index (χ4n) is 2.00. The minimum Gasteiger partial charge on any atom is -0.480 e. The summed E-state index contributed by atoms with van der Waals surface area (Å²) in [6.45, 7) is 0.691. The van der Waals surface area contributed by atoms with E-state index < -0.39 is 12.0 Å². The van der Waals surface area contributed by atoms with Crippen LogP contribution in [0.4, 0.5) is 0 Å². The first-order chi connectivity index (χ1) is 9.18. The number of carbonyl (C=O) groups is 1. The van der Waals surface area contributed by atoms with E-state index in [0.29, 0.717) is 6.54 Å². The number of likely N-dealkylation sites (N-methyl/N-ethyl adjacent to an activating group) is 1. The number of nitrogens with zero attached hydrogens (tertiary/aromatic N) is 2. The Labute approximate surface area is 116 Å². The second-order valence-corrected chi connectivity index (χ2v) is 5.16. The molecule has 0 fully saturated rings. The molecule has 0 aliphatic carbocycles. The zero-order valence-corrected chi connectivity index (χ0v) is 11.5. The van der Waals surface area contributed by atoms with Crippen LogP contribution in [-0.2, 0) is 11.2 Å². The van der Waals surface area contributed by atoms with Gasteiger partial charge in [-0.05, 0) is 53.6 Å². The van der Waals surface area contributed by atoms with Crippen LogP contribution < -0.4 is 0 Å². The van der Waals surface area contributed by atoms with E-state index in [2.05, 4.69) is 4.98 Å². The predicted molar refractivity (Wildman–Crippen MR) is 75.3 cm³/mol. The van der Waals surface area contributed by atoms with Crippen molar-refractivity contribution in [3.8, 4) is 0 Å². The Balaban J connectivity index is 2.01. The first kappa shape index (κ1) is 13.7. The van der Waals surface area contributed by atoms with Gasteiger partial charge >= 0.3 is 5.97 Å². The van der Waals surface area contributed by atoms with Gasteiger partial charge in [-0.2, -0.15) is 11.3 Å². The summed E-state index contributed by atoms with van der Waals surface area (Å²) in [7, 11) is 1.84. The molecule has 2 rings (SSSR count). The molecular formula is C14H16N2O2S. The lowest BCUT2D eigenvalue weighted by Crippen LogP contribution is -2.32. The average Bonchev–Trinajstić information content (AvgIpc) is 2.91. The van der Waals surface area contributed by atoms with Crippen LogP contribution >= 0.6 is 11.3 Å². The van der Waals surface area contributed by atoms with E-state index >= 15 is 0 Å². The van der Waals surface area contributed by atoms with E-state index in [0.717, 1.165) is 17.5 Å². The summed E-state index contributed by atoms with van der Waals surface area (Å²) in [5, 5.41) is 13.2. The maximum absolute atomic E-state index is 11.4. The molecule has 2 heterocycles. The third kappa shape index (κ3) is 3.62. The Morgan fingerprint density at radius 3 is 2.74 bits per heavy atom. The standard InChI is InChI=1S/C14H16N2O2S/c1-16(8-4-11-2-6-15-7-3-11)13(14(17)18)12-5-9-19-10-12/h2-3,5-7,9-10,13H,4,8H2,1H3,(H,17,18). The Bertz CT molecular complexity index is 514. The monoisotopic (exact) mass is 276 g/mol. The smallest absolute Gasteiger partial charge is 0.325 e. The molecule has 0 aromatic carbocycles. The topological polar surface area (TPSA) is 53.4 Å². The van der Waals surface area contributed by atoms with E-state index in [1.165, 1.54) is 11.3 Å². The molecule has 2 aromatic heterocycles. The van der Waals surface area contributed by atoms with E-state index in [9.17, 15) is 9.90 Å². The molecule has 0 amide bonds. The summed E-state index contributed by atoms with van der Waals surface area (Å²) in [6.07, 6.45) is 4.32. The maximum atomic E-state index is 11.4. The van der Waals surface area contributed by atoms with Crippen LogP contribution in [-0.4, -0.2) is 34.6 Å². The van der Waals surface area contributed by atoms with Gasteiger partial charge in [-0.3, -0.25) is 14.7 Å². The molecule has 0 aliphatic heterocycles. The molecule has 0 saturated heterocycles. The highest BCUT2D eigenvalue weighted by Gasteiger charge is 2.24. The lowest BCUT2D eigenvalue weighted by Gasteiger charge is -2.24. The van der Waals surface area contributed by atoms with E-state index in [-0.39, 0.29) is 0 Å². The zero-order valence-electron chi connectivity index (χ0n) is 10.7. The Morgan fingerprint density at radius 1 is 1.42 bits per heavy atom.